The lowest BCUT2D eigenvalue weighted by Crippen LogP contribution is -2.13. The van der Waals surface area contributed by atoms with Gasteiger partial charge in [0.25, 0.3) is 10.0 Å². The fourth-order valence-corrected chi connectivity index (χ4v) is 2.52. The van der Waals surface area contributed by atoms with E-state index in [1.165, 1.54) is 18.6 Å². The second-order valence-electron chi connectivity index (χ2n) is 3.92. The molecular formula is C11H13FN4O2S. The minimum absolute atomic E-state index is 0.0588. The Balaban J connectivity index is 2.30. The summed E-state index contributed by atoms with van der Waals surface area (Å²) in [5, 5.41) is -0.128. The lowest BCUT2D eigenvalue weighted by Gasteiger charge is -2.06. The highest BCUT2D eigenvalue weighted by molar-refractivity contribution is 7.92. The molecule has 3 N–H and O–H groups in total. The van der Waals surface area contributed by atoms with Gasteiger partial charge in [0, 0.05) is 18.4 Å². The number of aryl methyl sites for hydroxylation is 1. The highest BCUT2D eigenvalue weighted by Gasteiger charge is 2.17. The van der Waals surface area contributed by atoms with Crippen molar-refractivity contribution in [2.45, 2.75) is 18.5 Å². The molecule has 0 unspecified atom stereocenters. The number of nitrogens with one attached hydrogen (secondary N) is 1. The number of hydrogen-bond donors (Lipinski definition) is 2. The van der Waals surface area contributed by atoms with E-state index in [2.05, 4.69) is 9.71 Å². The third kappa shape index (κ3) is 3.02. The molecule has 0 radical (unpaired) electrons. The van der Waals surface area contributed by atoms with Gasteiger partial charge < -0.3 is 10.3 Å². The minimum Gasteiger partial charge on any atom is -0.399 e. The van der Waals surface area contributed by atoms with Gasteiger partial charge in [0.05, 0.1) is 12.0 Å². The molecule has 102 valence electrons. The number of nitrogens with two attached hydrogens (primary N) is 1. The van der Waals surface area contributed by atoms with Crippen molar-refractivity contribution in [3.8, 4) is 0 Å². The van der Waals surface area contributed by atoms with Gasteiger partial charge in [0.15, 0.2) is 5.03 Å². The quantitative estimate of drug-likeness (QED) is 0.831. The molecule has 0 spiro atoms. The van der Waals surface area contributed by atoms with Crippen LogP contribution in [0, 0.1) is 5.82 Å². The second kappa shape index (κ2) is 4.88. The van der Waals surface area contributed by atoms with Crippen LogP contribution >= 0.6 is 0 Å². The van der Waals surface area contributed by atoms with Crippen molar-refractivity contribution in [1.82, 2.24) is 9.55 Å². The van der Waals surface area contributed by atoms with Gasteiger partial charge in [-0.1, -0.05) is 0 Å². The van der Waals surface area contributed by atoms with Crippen LogP contribution in [-0.2, 0) is 16.6 Å². The first-order valence-electron chi connectivity index (χ1n) is 5.51. The maximum atomic E-state index is 13.1. The summed E-state index contributed by atoms with van der Waals surface area (Å²) >= 11 is 0. The van der Waals surface area contributed by atoms with Crippen molar-refractivity contribution in [3.05, 3.63) is 36.5 Å². The molecule has 0 saturated carbocycles. The van der Waals surface area contributed by atoms with Crippen molar-refractivity contribution in [1.29, 1.82) is 0 Å². The van der Waals surface area contributed by atoms with Gasteiger partial charge in [-0.15, -0.1) is 0 Å². The highest BCUT2D eigenvalue weighted by atomic mass is 32.2. The molecule has 2 aromatic rings. The van der Waals surface area contributed by atoms with Crippen LogP contribution in [0.2, 0.25) is 0 Å². The number of halogens is 1. The van der Waals surface area contributed by atoms with Gasteiger partial charge in [-0.05, 0) is 25.1 Å². The third-order valence-corrected chi connectivity index (χ3v) is 3.69. The van der Waals surface area contributed by atoms with Gasteiger partial charge in [0.1, 0.15) is 5.82 Å². The van der Waals surface area contributed by atoms with Crippen molar-refractivity contribution < 1.29 is 12.8 Å². The molecule has 1 aromatic carbocycles. The molecule has 0 saturated heterocycles. The number of rotatable bonds is 4. The van der Waals surface area contributed by atoms with E-state index in [1.54, 1.807) is 4.57 Å². The molecular weight excluding hydrogens is 271 g/mol. The summed E-state index contributed by atoms with van der Waals surface area (Å²) in [6.07, 6.45) is 2.81. The number of nitrogens with zero attached hydrogens (tertiary/aromatic N) is 2. The summed E-state index contributed by atoms with van der Waals surface area (Å²) in [4.78, 5) is 3.79. The Kier molecular flexibility index (Phi) is 3.43. The van der Waals surface area contributed by atoms with Crippen LogP contribution < -0.4 is 10.5 Å². The van der Waals surface area contributed by atoms with Gasteiger partial charge in [-0.2, -0.15) is 8.42 Å². The smallest absolute Gasteiger partial charge is 0.280 e. The SMILES string of the molecule is CCn1cnc(S(=O)(=O)Nc2cc(N)cc(F)c2)c1. The van der Waals surface area contributed by atoms with Crippen molar-refractivity contribution in [3.63, 3.8) is 0 Å². The zero-order valence-electron chi connectivity index (χ0n) is 10.2. The minimum atomic E-state index is -3.84. The Morgan fingerprint density at radius 3 is 2.74 bits per heavy atom. The molecule has 2 rings (SSSR count). The van der Waals surface area contributed by atoms with Crippen LogP contribution in [0.5, 0.6) is 0 Å². The normalized spacial score (nSPS) is 11.5. The number of hydrogen-bond acceptors (Lipinski definition) is 4. The first kappa shape index (κ1) is 13.3. The van der Waals surface area contributed by atoms with Crippen molar-refractivity contribution in [2.75, 3.05) is 10.5 Å². The molecule has 6 nitrogen and oxygen atoms in total. The summed E-state index contributed by atoms with van der Waals surface area (Å²) in [7, 11) is -3.84. The summed E-state index contributed by atoms with van der Waals surface area (Å²) in [5.41, 5.74) is 5.64. The molecule has 0 fully saturated rings. The average molecular weight is 284 g/mol. The van der Waals surface area contributed by atoms with Crippen LogP contribution in [0.25, 0.3) is 0 Å². The van der Waals surface area contributed by atoms with E-state index in [0.717, 1.165) is 12.1 Å². The lowest BCUT2D eigenvalue weighted by molar-refractivity contribution is 0.598. The van der Waals surface area contributed by atoms with Gasteiger partial charge in [-0.3, -0.25) is 4.72 Å². The number of imidazole rings is 1. The van der Waals surface area contributed by atoms with Crippen molar-refractivity contribution >= 4 is 21.4 Å². The molecule has 0 atom stereocenters. The van der Waals surface area contributed by atoms with E-state index in [9.17, 15) is 12.8 Å². The molecule has 19 heavy (non-hydrogen) atoms. The number of sulfonamides is 1. The second-order valence-corrected chi connectivity index (χ2v) is 5.55. The van der Waals surface area contributed by atoms with E-state index < -0.39 is 15.8 Å². The number of benzene rings is 1. The van der Waals surface area contributed by atoms with Crippen LogP contribution in [0.3, 0.4) is 0 Å². The Morgan fingerprint density at radius 2 is 2.16 bits per heavy atom. The number of anilines is 2. The molecule has 0 bridgehead atoms. The van der Waals surface area contributed by atoms with E-state index in [0.29, 0.717) is 6.54 Å². The van der Waals surface area contributed by atoms with E-state index in [4.69, 9.17) is 5.73 Å². The summed E-state index contributed by atoms with van der Waals surface area (Å²) < 4.78 is 41.0. The zero-order valence-corrected chi connectivity index (χ0v) is 11.0. The molecule has 1 aromatic heterocycles. The first-order valence-corrected chi connectivity index (χ1v) is 6.99. The largest absolute Gasteiger partial charge is 0.399 e. The van der Waals surface area contributed by atoms with Gasteiger partial charge in [0.2, 0.25) is 0 Å². The van der Waals surface area contributed by atoms with Crippen molar-refractivity contribution in [2.24, 2.45) is 0 Å². The Hall–Kier alpha value is -2.09. The first-order chi connectivity index (χ1) is 8.90. The van der Waals surface area contributed by atoms with Crippen LogP contribution in [-0.4, -0.2) is 18.0 Å². The summed E-state index contributed by atoms with van der Waals surface area (Å²) in [6, 6.07) is 3.48. The topological polar surface area (TPSA) is 90.0 Å². The molecule has 0 aliphatic rings. The van der Waals surface area contributed by atoms with E-state index in [1.807, 2.05) is 6.92 Å². The van der Waals surface area contributed by atoms with Crippen LogP contribution in [0.15, 0.2) is 35.7 Å². The summed E-state index contributed by atoms with van der Waals surface area (Å²) in [5.74, 6) is -0.614. The monoisotopic (exact) mass is 284 g/mol. The highest BCUT2D eigenvalue weighted by Crippen LogP contribution is 2.19. The number of nitrogen functional groups attached to an aromatic ring is 1. The van der Waals surface area contributed by atoms with Gasteiger partial charge in [-0.25, -0.2) is 9.37 Å². The molecule has 0 amide bonds. The summed E-state index contributed by atoms with van der Waals surface area (Å²) in [6.45, 7) is 2.47. The molecule has 8 heteroatoms. The standard InChI is InChI=1S/C11H13FN4O2S/c1-2-16-6-11(14-7-16)19(17,18)15-10-4-8(12)3-9(13)5-10/h3-7,15H,2,13H2,1H3. The Bertz CT molecular complexity index is 676. The molecule has 0 aliphatic heterocycles. The zero-order chi connectivity index (χ0) is 14.0. The fraction of sp³-hybridized carbons (Fsp3) is 0.182. The third-order valence-electron chi connectivity index (χ3n) is 2.42. The lowest BCUT2D eigenvalue weighted by atomic mass is 10.3. The van der Waals surface area contributed by atoms with Crippen LogP contribution in [0.1, 0.15) is 6.92 Å². The number of aromatic nitrogens is 2. The molecule has 0 aliphatic carbocycles. The predicted molar refractivity (Wildman–Crippen MR) is 69.5 cm³/mol. The Morgan fingerprint density at radius 1 is 1.42 bits per heavy atom. The maximum Gasteiger partial charge on any atom is 0.280 e. The predicted octanol–water partition coefficient (Wildman–Crippen LogP) is 1.43. The van der Waals surface area contributed by atoms with Crippen LogP contribution in [0.4, 0.5) is 15.8 Å². The van der Waals surface area contributed by atoms with E-state index in [-0.39, 0.29) is 16.4 Å². The maximum absolute atomic E-state index is 13.1. The van der Waals surface area contributed by atoms with Gasteiger partial charge >= 0.3 is 0 Å². The fourth-order valence-electron chi connectivity index (χ4n) is 1.53. The van der Waals surface area contributed by atoms with E-state index >= 15 is 0 Å². The molecule has 1 heterocycles. The Labute approximate surface area is 110 Å². The average Bonchev–Trinajstić information content (AvgIpc) is 2.75.